The van der Waals surface area contributed by atoms with Gasteiger partial charge in [-0.15, -0.1) is 0 Å². The van der Waals surface area contributed by atoms with Crippen molar-refractivity contribution >= 4 is 11.6 Å². The fourth-order valence-corrected chi connectivity index (χ4v) is 2.82. The van der Waals surface area contributed by atoms with Gasteiger partial charge in [0.1, 0.15) is 12.4 Å². The molecule has 1 N–H and O–H groups in total. The van der Waals surface area contributed by atoms with Crippen LogP contribution in [0.1, 0.15) is 11.4 Å². The van der Waals surface area contributed by atoms with Crippen molar-refractivity contribution in [1.82, 2.24) is 9.97 Å². The predicted octanol–water partition coefficient (Wildman–Crippen LogP) is 3.66. The molecule has 1 amide bonds. The second-order valence-corrected chi connectivity index (χ2v) is 6.41. The quantitative estimate of drug-likeness (QED) is 0.747. The monoisotopic (exact) mass is 377 g/mol. The molecule has 1 aromatic heterocycles. The number of fused-ring (bicyclic) bond motifs is 1. The maximum atomic E-state index is 12.5. The van der Waals surface area contributed by atoms with Crippen LogP contribution >= 0.6 is 0 Å². The van der Waals surface area contributed by atoms with Crippen LogP contribution in [0.4, 0.5) is 5.69 Å². The van der Waals surface area contributed by atoms with Gasteiger partial charge in [-0.25, -0.2) is 9.97 Å². The van der Waals surface area contributed by atoms with Crippen molar-refractivity contribution in [2.75, 3.05) is 11.9 Å². The molecule has 0 saturated carbocycles. The standard InChI is InChI=1S/C21H19N3O4/c1-13-11-14(2)23-21(22-13)27-16-9-7-15(8-10-16)24-20(25)19-12-26-17-5-3-4-6-18(17)28-19/h3-11,19H,12H2,1-2H3,(H,24,25). The number of hydrogen-bond donors (Lipinski definition) is 1. The number of carbonyl (C=O) groups excluding carboxylic acids is 1. The second-order valence-electron chi connectivity index (χ2n) is 6.41. The molecule has 2 aromatic carbocycles. The Morgan fingerprint density at radius 2 is 1.71 bits per heavy atom. The fraction of sp³-hybridized carbons (Fsp3) is 0.190. The van der Waals surface area contributed by atoms with Gasteiger partial charge in [0.2, 0.25) is 6.10 Å². The molecule has 28 heavy (non-hydrogen) atoms. The van der Waals surface area contributed by atoms with Crippen molar-refractivity contribution in [2.24, 2.45) is 0 Å². The Balaban J connectivity index is 1.38. The van der Waals surface area contributed by atoms with E-state index in [1.54, 1.807) is 30.3 Å². The van der Waals surface area contributed by atoms with Crippen LogP contribution in [0.25, 0.3) is 0 Å². The molecule has 1 aliphatic rings. The molecule has 1 atom stereocenters. The largest absolute Gasteiger partial charge is 0.485 e. The molecule has 0 fully saturated rings. The molecular formula is C21H19N3O4. The van der Waals surface area contributed by atoms with Crippen LogP contribution in [0.5, 0.6) is 23.3 Å². The van der Waals surface area contributed by atoms with Crippen LogP contribution in [-0.4, -0.2) is 28.6 Å². The Bertz CT molecular complexity index is 985. The van der Waals surface area contributed by atoms with E-state index in [1.165, 1.54) is 0 Å². The third-order valence-electron chi connectivity index (χ3n) is 4.09. The summed E-state index contributed by atoms with van der Waals surface area (Å²) in [6.07, 6.45) is -0.713. The minimum atomic E-state index is -0.713. The van der Waals surface area contributed by atoms with Gasteiger partial charge in [-0.05, 0) is 56.3 Å². The Labute approximate surface area is 162 Å². The van der Waals surface area contributed by atoms with Gasteiger partial charge in [0, 0.05) is 17.1 Å². The molecule has 7 heteroatoms. The van der Waals surface area contributed by atoms with E-state index in [-0.39, 0.29) is 12.5 Å². The maximum absolute atomic E-state index is 12.5. The predicted molar refractivity (Wildman–Crippen MR) is 103 cm³/mol. The highest BCUT2D eigenvalue weighted by Gasteiger charge is 2.27. The van der Waals surface area contributed by atoms with Crippen molar-refractivity contribution in [3.8, 4) is 23.3 Å². The number of amides is 1. The number of hydrogen-bond acceptors (Lipinski definition) is 6. The first kappa shape index (κ1) is 17.8. The topological polar surface area (TPSA) is 82.6 Å². The number of benzene rings is 2. The number of nitrogens with one attached hydrogen (secondary N) is 1. The van der Waals surface area contributed by atoms with Crippen molar-refractivity contribution in [3.05, 3.63) is 66.0 Å². The number of aryl methyl sites for hydroxylation is 2. The Morgan fingerprint density at radius 3 is 2.43 bits per heavy atom. The molecule has 4 rings (SSSR count). The molecule has 0 aliphatic carbocycles. The average molecular weight is 377 g/mol. The Morgan fingerprint density at radius 1 is 1.04 bits per heavy atom. The lowest BCUT2D eigenvalue weighted by Gasteiger charge is -2.25. The summed E-state index contributed by atoms with van der Waals surface area (Å²) in [6.45, 7) is 3.93. The van der Waals surface area contributed by atoms with Crippen molar-refractivity contribution < 1.29 is 19.0 Å². The van der Waals surface area contributed by atoms with Crippen molar-refractivity contribution in [2.45, 2.75) is 20.0 Å². The summed E-state index contributed by atoms with van der Waals surface area (Å²) in [5.74, 6) is 1.50. The van der Waals surface area contributed by atoms with Crippen LogP contribution in [0.3, 0.4) is 0 Å². The van der Waals surface area contributed by atoms with Gasteiger partial charge in [-0.1, -0.05) is 12.1 Å². The molecule has 0 radical (unpaired) electrons. The summed E-state index contributed by atoms with van der Waals surface area (Å²) in [5, 5.41) is 2.82. The van der Waals surface area contributed by atoms with E-state index in [1.807, 2.05) is 38.1 Å². The number of ether oxygens (including phenoxy) is 3. The summed E-state index contributed by atoms with van der Waals surface area (Å²) in [5.41, 5.74) is 2.30. The van der Waals surface area contributed by atoms with Gasteiger partial charge >= 0.3 is 6.01 Å². The highest BCUT2D eigenvalue weighted by Crippen LogP contribution is 2.31. The number of para-hydroxylation sites is 2. The van der Waals surface area contributed by atoms with Gasteiger partial charge in [0.05, 0.1) is 0 Å². The van der Waals surface area contributed by atoms with E-state index in [2.05, 4.69) is 15.3 Å². The zero-order chi connectivity index (χ0) is 19.5. The van der Waals surface area contributed by atoms with Crippen LogP contribution in [0.2, 0.25) is 0 Å². The molecule has 0 bridgehead atoms. The SMILES string of the molecule is Cc1cc(C)nc(Oc2ccc(NC(=O)C3COc4ccccc4O3)cc2)n1. The van der Waals surface area contributed by atoms with Crippen LogP contribution in [0, 0.1) is 13.8 Å². The summed E-state index contributed by atoms with van der Waals surface area (Å²) in [7, 11) is 0. The minimum Gasteiger partial charge on any atom is -0.485 e. The van der Waals surface area contributed by atoms with Crippen LogP contribution < -0.4 is 19.5 Å². The summed E-state index contributed by atoms with van der Waals surface area (Å²) in [6, 6.07) is 16.4. The first-order valence-electron chi connectivity index (χ1n) is 8.86. The maximum Gasteiger partial charge on any atom is 0.322 e. The number of rotatable bonds is 4. The third-order valence-corrected chi connectivity index (χ3v) is 4.09. The van der Waals surface area contributed by atoms with Gasteiger partial charge in [0.15, 0.2) is 11.5 Å². The average Bonchev–Trinajstić information content (AvgIpc) is 2.68. The number of anilines is 1. The molecule has 7 nitrogen and oxygen atoms in total. The molecule has 0 spiro atoms. The van der Waals surface area contributed by atoms with Gasteiger partial charge < -0.3 is 19.5 Å². The zero-order valence-corrected chi connectivity index (χ0v) is 15.5. The van der Waals surface area contributed by atoms with Crippen LogP contribution in [0.15, 0.2) is 54.6 Å². The van der Waals surface area contributed by atoms with E-state index in [0.29, 0.717) is 28.9 Å². The van der Waals surface area contributed by atoms with E-state index in [4.69, 9.17) is 14.2 Å². The van der Waals surface area contributed by atoms with E-state index in [0.717, 1.165) is 11.4 Å². The minimum absolute atomic E-state index is 0.161. The van der Waals surface area contributed by atoms with E-state index >= 15 is 0 Å². The highest BCUT2D eigenvalue weighted by molar-refractivity contribution is 5.94. The summed E-state index contributed by atoms with van der Waals surface area (Å²) in [4.78, 5) is 21.0. The second kappa shape index (κ2) is 7.56. The lowest BCUT2D eigenvalue weighted by molar-refractivity contribution is -0.125. The molecule has 142 valence electrons. The van der Waals surface area contributed by atoms with E-state index in [9.17, 15) is 4.79 Å². The van der Waals surface area contributed by atoms with Gasteiger partial charge in [0.25, 0.3) is 5.91 Å². The Kier molecular flexibility index (Phi) is 4.80. The van der Waals surface area contributed by atoms with Crippen LogP contribution in [-0.2, 0) is 4.79 Å². The number of carbonyl (C=O) groups is 1. The molecular weight excluding hydrogens is 358 g/mol. The molecule has 1 unspecified atom stereocenters. The van der Waals surface area contributed by atoms with E-state index < -0.39 is 6.10 Å². The summed E-state index contributed by atoms with van der Waals surface area (Å²) >= 11 is 0. The number of aromatic nitrogens is 2. The molecule has 2 heterocycles. The van der Waals surface area contributed by atoms with Gasteiger partial charge in [-0.3, -0.25) is 4.79 Å². The summed E-state index contributed by atoms with van der Waals surface area (Å²) < 4.78 is 17.0. The highest BCUT2D eigenvalue weighted by atomic mass is 16.6. The van der Waals surface area contributed by atoms with Gasteiger partial charge in [-0.2, -0.15) is 0 Å². The first-order valence-corrected chi connectivity index (χ1v) is 8.86. The number of nitrogens with zero attached hydrogens (tertiary/aromatic N) is 2. The Hall–Kier alpha value is -3.61. The lowest BCUT2D eigenvalue weighted by atomic mass is 10.2. The fourth-order valence-electron chi connectivity index (χ4n) is 2.82. The molecule has 3 aromatic rings. The third kappa shape index (κ3) is 4.03. The molecule has 0 saturated heterocycles. The van der Waals surface area contributed by atoms with Crippen molar-refractivity contribution in [3.63, 3.8) is 0 Å². The zero-order valence-electron chi connectivity index (χ0n) is 15.5. The smallest absolute Gasteiger partial charge is 0.322 e. The normalized spacial score (nSPS) is 15.0. The lowest BCUT2D eigenvalue weighted by Crippen LogP contribution is -2.40. The molecule has 1 aliphatic heterocycles. The van der Waals surface area contributed by atoms with Crippen molar-refractivity contribution in [1.29, 1.82) is 0 Å². The first-order chi connectivity index (χ1) is 13.6.